The Kier molecular flexibility index (Phi) is 9.73. The number of carboxylic acids is 1. The van der Waals surface area contributed by atoms with Crippen LogP contribution in [0, 0.1) is 17.8 Å². The van der Waals surface area contributed by atoms with E-state index in [1.165, 1.54) is 12.8 Å². The highest BCUT2D eigenvalue weighted by Gasteiger charge is 2.36. The Labute approximate surface area is 146 Å². The number of hydrogen-bond acceptors (Lipinski definition) is 3. The summed E-state index contributed by atoms with van der Waals surface area (Å²) < 4.78 is 5.76. The first-order chi connectivity index (χ1) is 11.5. The fraction of sp³-hybridized carbons (Fsp3) is 0.800. The molecule has 138 valence electrons. The number of carboxylic acid groups (broad SMARTS) is 1. The first kappa shape index (κ1) is 20.7. The van der Waals surface area contributed by atoms with E-state index < -0.39 is 17.8 Å². The van der Waals surface area contributed by atoms with Gasteiger partial charge in [-0.1, -0.05) is 52.2 Å². The van der Waals surface area contributed by atoms with Gasteiger partial charge in [0.1, 0.15) is 6.10 Å². The van der Waals surface area contributed by atoms with Crippen LogP contribution in [0.4, 0.5) is 0 Å². The lowest BCUT2D eigenvalue weighted by atomic mass is 9.83. The van der Waals surface area contributed by atoms with Crippen LogP contribution >= 0.6 is 0 Å². The van der Waals surface area contributed by atoms with Gasteiger partial charge in [-0.05, 0) is 44.4 Å². The molecule has 0 bridgehead atoms. The number of ether oxygens (including phenoxy) is 1. The van der Waals surface area contributed by atoms with Crippen molar-refractivity contribution in [2.45, 2.75) is 84.7 Å². The molecule has 0 saturated carbocycles. The summed E-state index contributed by atoms with van der Waals surface area (Å²) >= 11 is 0. The maximum absolute atomic E-state index is 12.5. The monoisotopic (exact) mass is 338 g/mol. The fourth-order valence-corrected chi connectivity index (χ4v) is 3.18. The van der Waals surface area contributed by atoms with Gasteiger partial charge in [-0.3, -0.25) is 9.59 Å². The third kappa shape index (κ3) is 7.50. The Hall–Kier alpha value is -1.32. The minimum absolute atomic E-state index is 0.0721. The van der Waals surface area contributed by atoms with Gasteiger partial charge in [0, 0.05) is 0 Å². The summed E-state index contributed by atoms with van der Waals surface area (Å²) in [7, 11) is 0. The molecule has 0 heterocycles. The molecule has 3 atom stereocenters. The van der Waals surface area contributed by atoms with Crippen LogP contribution in [-0.2, 0) is 14.3 Å². The molecule has 4 nitrogen and oxygen atoms in total. The van der Waals surface area contributed by atoms with Gasteiger partial charge in [0.15, 0.2) is 0 Å². The van der Waals surface area contributed by atoms with Crippen molar-refractivity contribution in [3.63, 3.8) is 0 Å². The van der Waals surface area contributed by atoms with Crippen molar-refractivity contribution < 1.29 is 19.4 Å². The number of carbonyl (C=O) groups is 2. The molecule has 0 amide bonds. The van der Waals surface area contributed by atoms with Crippen molar-refractivity contribution in [2.75, 3.05) is 0 Å². The third-order valence-corrected chi connectivity index (χ3v) is 4.78. The van der Waals surface area contributed by atoms with E-state index in [2.05, 4.69) is 20.8 Å². The molecule has 0 radical (unpaired) electrons. The molecule has 3 unspecified atom stereocenters. The highest BCUT2D eigenvalue weighted by molar-refractivity contribution is 5.81. The summed E-state index contributed by atoms with van der Waals surface area (Å²) in [5.74, 6) is -1.83. The second-order valence-corrected chi connectivity index (χ2v) is 7.37. The van der Waals surface area contributed by atoms with E-state index in [-0.39, 0.29) is 12.1 Å². The topological polar surface area (TPSA) is 63.6 Å². The number of carbonyl (C=O) groups excluding carboxylic acids is 1. The maximum atomic E-state index is 12.5. The molecule has 0 aliphatic heterocycles. The van der Waals surface area contributed by atoms with Gasteiger partial charge in [0.2, 0.25) is 0 Å². The van der Waals surface area contributed by atoms with E-state index in [1.807, 2.05) is 12.2 Å². The Morgan fingerprint density at radius 1 is 1.04 bits per heavy atom. The number of rotatable bonds is 11. The molecule has 24 heavy (non-hydrogen) atoms. The largest absolute Gasteiger partial charge is 0.481 e. The summed E-state index contributed by atoms with van der Waals surface area (Å²) in [5.41, 5.74) is 0. The van der Waals surface area contributed by atoms with Crippen LogP contribution in [0.1, 0.15) is 78.6 Å². The number of aliphatic carboxylic acids is 1. The van der Waals surface area contributed by atoms with Gasteiger partial charge < -0.3 is 9.84 Å². The minimum atomic E-state index is -0.900. The summed E-state index contributed by atoms with van der Waals surface area (Å²) in [6.45, 7) is 6.52. The standard InChI is InChI=1S/C20H34O4/c1-4-5-6-7-10-16(14-13-15(2)3)24-20(23)18-12-9-8-11-17(18)19(21)22/h8-9,15-18H,4-7,10-14H2,1-3H3,(H,21,22). The van der Waals surface area contributed by atoms with Crippen molar-refractivity contribution in [1.29, 1.82) is 0 Å². The van der Waals surface area contributed by atoms with E-state index in [0.29, 0.717) is 18.8 Å². The predicted molar refractivity (Wildman–Crippen MR) is 95.7 cm³/mol. The summed E-state index contributed by atoms with van der Waals surface area (Å²) in [4.78, 5) is 23.9. The second-order valence-electron chi connectivity index (χ2n) is 7.37. The van der Waals surface area contributed by atoms with Crippen molar-refractivity contribution in [1.82, 2.24) is 0 Å². The summed E-state index contributed by atoms with van der Waals surface area (Å²) in [5, 5.41) is 9.33. The number of allylic oxidation sites excluding steroid dienone is 2. The zero-order valence-electron chi connectivity index (χ0n) is 15.5. The van der Waals surface area contributed by atoms with Gasteiger partial charge in [-0.2, -0.15) is 0 Å². The molecule has 1 N–H and O–H groups in total. The van der Waals surface area contributed by atoms with E-state index in [4.69, 9.17) is 4.74 Å². The highest BCUT2D eigenvalue weighted by atomic mass is 16.5. The lowest BCUT2D eigenvalue weighted by molar-refractivity contribution is -0.162. The Morgan fingerprint density at radius 2 is 1.71 bits per heavy atom. The van der Waals surface area contributed by atoms with E-state index >= 15 is 0 Å². The summed E-state index contributed by atoms with van der Waals surface area (Å²) in [6.07, 6.45) is 12.0. The zero-order chi connectivity index (χ0) is 17.9. The van der Waals surface area contributed by atoms with Crippen LogP contribution in [0.5, 0.6) is 0 Å². The molecule has 0 aromatic carbocycles. The second kappa shape index (κ2) is 11.3. The van der Waals surface area contributed by atoms with Crippen molar-refractivity contribution in [2.24, 2.45) is 17.8 Å². The summed E-state index contributed by atoms with van der Waals surface area (Å²) in [6, 6.07) is 0. The molecular weight excluding hydrogens is 304 g/mol. The Morgan fingerprint density at radius 3 is 2.29 bits per heavy atom. The van der Waals surface area contributed by atoms with Gasteiger partial charge >= 0.3 is 11.9 Å². The van der Waals surface area contributed by atoms with Crippen LogP contribution in [0.3, 0.4) is 0 Å². The van der Waals surface area contributed by atoms with Crippen molar-refractivity contribution >= 4 is 11.9 Å². The van der Waals surface area contributed by atoms with Crippen molar-refractivity contribution in [3.05, 3.63) is 12.2 Å². The number of esters is 1. The average Bonchev–Trinajstić information content (AvgIpc) is 2.56. The predicted octanol–water partition coefficient (Wildman–Crippen LogP) is 4.97. The number of unbranched alkanes of at least 4 members (excludes halogenated alkanes) is 3. The lowest BCUT2D eigenvalue weighted by Crippen LogP contribution is -2.34. The van der Waals surface area contributed by atoms with Crippen LogP contribution < -0.4 is 0 Å². The van der Waals surface area contributed by atoms with Crippen LogP contribution in [-0.4, -0.2) is 23.1 Å². The molecule has 1 aliphatic carbocycles. The van der Waals surface area contributed by atoms with Crippen LogP contribution in [0.2, 0.25) is 0 Å². The maximum Gasteiger partial charge on any atom is 0.310 e. The molecule has 0 saturated heterocycles. The fourth-order valence-electron chi connectivity index (χ4n) is 3.18. The van der Waals surface area contributed by atoms with Crippen LogP contribution in [0.25, 0.3) is 0 Å². The molecule has 1 rings (SSSR count). The van der Waals surface area contributed by atoms with Gasteiger partial charge in [0.25, 0.3) is 0 Å². The van der Waals surface area contributed by atoms with Crippen LogP contribution in [0.15, 0.2) is 12.2 Å². The smallest absolute Gasteiger partial charge is 0.310 e. The molecule has 0 aromatic heterocycles. The molecule has 4 heteroatoms. The SMILES string of the molecule is CCCCCCC(CCC(C)C)OC(=O)C1CC=CCC1C(=O)O. The zero-order valence-corrected chi connectivity index (χ0v) is 15.5. The minimum Gasteiger partial charge on any atom is -0.481 e. The highest BCUT2D eigenvalue weighted by Crippen LogP contribution is 2.28. The van der Waals surface area contributed by atoms with Gasteiger partial charge in [0.05, 0.1) is 11.8 Å². The van der Waals surface area contributed by atoms with E-state index in [1.54, 1.807) is 0 Å². The molecule has 1 aliphatic rings. The Bertz CT molecular complexity index is 414. The Balaban J connectivity index is 2.59. The first-order valence-corrected chi connectivity index (χ1v) is 9.54. The average molecular weight is 338 g/mol. The first-order valence-electron chi connectivity index (χ1n) is 9.54. The van der Waals surface area contributed by atoms with E-state index in [0.717, 1.165) is 32.1 Å². The van der Waals surface area contributed by atoms with Crippen molar-refractivity contribution in [3.8, 4) is 0 Å². The normalized spacial score (nSPS) is 21.7. The van der Waals surface area contributed by atoms with Gasteiger partial charge in [-0.15, -0.1) is 0 Å². The van der Waals surface area contributed by atoms with Gasteiger partial charge in [-0.25, -0.2) is 0 Å². The molecule has 0 spiro atoms. The molecule has 0 fully saturated rings. The quantitative estimate of drug-likeness (QED) is 0.328. The molecule has 0 aromatic rings. The lowest BCUT2D eigenvalue weighted by Gasteiger charge is -2.26. The number of hydrogen-bond donors (Lipinski definition) is 1. The molecular formula is C20H34O4. The van der Waals surface area contributed by atoms with E-state index in [9.17, 15) is 14.7 Å². The third-order valence-electron chi connectivity index (χ3n) is 4.78.